The van der Waals surface area contributed by atoms with E-state index in [2.05, 4.69) is 0 Å². The average molecular weight is 399 g/mol. The van der Waals surface area contributed by atoms with Crippen LogP contribution in [0.5, 0.6) is 5.75 Å². The van der Waals surface area contributed by atoms with E-state index in [0.717, 1.165) is 39.4 Å². The molecule has 0 bridgehead atoms. The van der Waals surface area contributed by atoms with Crippen molar-refractivity contribution in [3.8, 4) is 5.75 Å². The number of hydrogen-bond acceptors (Lipinski definition) is 6. The molecule has 0 unspecified atom stereocenters. The van der Waals surface area contributed by atoms with Crippen LogP contribution in [0.3, 0.4) is 0 Å². The van der Waals surface area contributed by atoms with Gasteiger partial charge in [-0.3, -0.25) is 19.3 Å². The molecule has 7 heteroatoms. The van der Waals surface area contributed by atoms with Crippen molar-refractivity contribution in [1.82, 2.24) is 4.90 Å². The van der Waals surface area contributed by atoms with Crippen LogP contribution in [0.15, 0.2) is 41.3 Å². The molecule has 6 nitrogen and oxygen atoms in total. The fraction of sp³-hybridized carbons (Fsp3) is 0.286. The Morgan fingerprint density at radius 1 is 1.14 bits per heavy atom. The first kappa shape index (κ1) is 19.9. The van der Waals surface area contributed by atoms with Gasteiger partial charge in [-0.25, -0.2) is 0 Å². The summed E-state index contributed by atoms with van der Waals surface area (Å²) in [5.74, 6) is -0.460. The Morgan fingerprint density at radius 3 is 2.68 bits per heavy atom. The molecule has 0 spiro atoms. The maximum atomic E-state index is 12.7. The number of thioether (sulfide) groups is 1. The smallest absolute Gasteiger partial charge is 0.326 e. The second-order valence-corrected chi connectivity index (χ2v) is 7.11. The van der Waals surface area contributed by atoms with Crippen LogP contribution in [-0.4, -0.2) is 41.8 Å². The summed E-state index contributed by atoms with van der Waals surface area (Å²) in [6, 6.07) is 11.6. The number of benzene rings is 2. The lowest BCUT2D eigenvalue weighted by Gasteiger charge is -2.12. The van der Waals surface area contributed by atoms with Crippen LogP contribution in [0, 0.1) is 0 Å². The SMILES string of the molecule is CCCOc1ccc2ccccc2c1/C=C1\SC(=O)N(CC(=O)OCC)C1=O. The zero-order valence-electron chi connectivity index (χ0n) is 15.8. The molecule has 1 aliphatic rings. The molecule has 0 aliphatic carbocycles. The van der Waals surface area contributed by atoms with Crippen LogP contribution < -0.4 is 4.74 Å². The lowest BCUT2D eigenvalue weighted by Crippen LogP contribution is -2.34. The first-order valence-corrected chi connectivity index (χ1v) is 9.92. The number of rotatable bonds is 7. The number of carbonyl (C=O) groups excluding carboxylic acids is 3. The van der Waals surface area contributed by atoms with Gasteiger partial charge in [0.05, 0.1) is 18.1 Å². The fourth-order valence-corrected chi connectivity index (χ4v) is 3.69. The summed E-state index contributed by atoms with van der Waals surface area (Å²) in [5, 5.41) is 1.44. The van der Waals surface area contributed by atoms with Crippen molar-refractivity contribution in [3.05, 3.63) is 46.9 Å². The molecule has 0 N–H and O–H groups in total. The minimum Gasteiger partial charge on any atom is -0.493 e. The van der Waals surface area contributed by atoms with Crippen LogP contribution >= 0.6 is 11.8 Å². The normalized spacial score (nSPS) is 15.5. The summed E-state index contributed by atoms with van der Waals surface area (Å²) in [6.45, 7) is 4.04. The van der Waals surface area contributed by atoms with Gasteiger partial charge in [0.25, 0.3) is 11.1 Å². The van der Waals surface area contributed by atoms with Gasteiger partial charge in [0.15, 0.2) is 0 Å². The number of hydrogen-bond donors (Lipinski definition) is 0. The van der Waals surface area contributed by atoms with E-state index in [1.165, 1.54) is 0 Å². The maximum absolute atomic E-state index is 12.7. The summed E-state index contributed by atoms with van der Waals surface area (Å²) in [6.07, 6.45) is 2.52. The molecule has 2 aromatic rings. The number of amides is 2. The Kier molecular flexibility index (Phi) is 6.36. The third kappa shape index (κ3) is 4.20. The maximum Gasteiger partial charge on any atom is 0.326 e. The Hall–Kier alpha value is -2.80. The first-order chi connectivity index (χ1) is 13.5. The van der Waals surface area contributed by atoms with E-state index in [1.807, 2.05) is 43.3 Å². The summed E-state index contributed by atoms with van der Waals surface area (Å²) in [7, 11) is 0. The fourth-order valence-electron chi connectivity index (χ4n) is 2.87. The summed E-state index contributed by atoms with van der Waals surface area (Å²) in [4.78, 5) is 37.8. The first-order valence-electron chi connectivity index (χ1n) is 9.10. The third-order valence-electron chi connectivity index (χ3n) is 4.13. The van der Waals surface area contributed by atoms with Gasteiger partial charge in [-0.2, -0.15) is 0 Å². The highest BCUT2D eigenvalue weighted by molar-refractivity contribution is 8.18. The van der Waals surface area contributed by atoms with Crippen molar-refractivity contribution < 1.29 is 23.9 Å². The number of carbonyl (C=O) groups is 3. The Bertz CT molecular complexity index is 953. The molecular formula is C21H21NO5S. The number of fused-ring (bicyclic) bond motifs is 1. The van der Waals surface area contributed by atoms with Gasteiger partial charge in [0.1, 0.15) is 12.3 Å². The Labute approximate surface area is 167 Å². The van der Waals surface area contributed by atoms with Gasteiger partial charge in [0.2, 0.25) is 0 Å². The van der Waals surface area contributed by atoms with E-state index in [0.29, 0.717) is 12.4 Å². The van der Waals surface area contributed by atoms with Gasteiger partial charge in [-0.15, -0.1) is 0 Å². The van der Waals surface area contributed by atoms with Gasteiger partial charge in [0, 0.05) is 5.56 Å². The molecule has 1 fully saturated rings. The Balaban J connectivity index is 1.98. The van der Waals surface area contributed by atoms with E-state index in [9.17, 15) is 14.4 Å². The second kappa shape index (κ2) is 8.93. The highest BCUT2D eigenvalue weighted by Crippen LogP contribution is 2.36. The van der Waals surface area contributed by atoms with Gasteiger partial charge in [-0.05, 0) is 48.0 Å². The van der Waals surface area contributed by atoms with Crippen molar-refractivity contribution in [2.75, 3.05) is 19.8 Å². The average Bonchev–Trinajstić information content (AvgIpc) is 2.95. The number of esters is 1. The monoisotopic (exact) mass is 399 g/mol. The topological polar surface area (TPSA) is 72.9 Å². The predicted octanol–water partition coefficient (Wildman–Crippen LogP) is 4.23. The predicted molar refractivity (Wildman–Crippen MR) is 109 cm³/mol. The van der Waals surface area contributed by atoms with E-state index < -0.39 is 17.1 Å². The summed E-state index contributed by atoms with van der Waals surface area (Å²) < 4.78 is 10.7. The summed E-state index contributed by atoms with van der Waals surface area (Å²) in [5.41, 5.74) is 0.744. The molecule has 1 saturated heterocycles. The van der Waals surface area contributed by atoms with Gasteiger partial charge >= 0.3 is 5.97 Å². The largest absolute Gasteiger partial charge is 0.493 e. The van der Waals surface area contributed by atoms with Crippen molar-refractivity contribution in [1.29, 1.82) is 0 Å². The van der Waals surface area contributed by atoms with Gasteiger partial charge < -0.3 is 9.47 Å². The summed E-state index contributed by atoms with van der Waals surface area (Å²) >= 11 is 0.813. The second-order valence-electron chi connectivity index (χ2n) is 6.12. The van der Waals surface area contributed by atoms with Crippen molar-refractivity contribution in [3.63, 3.8) is 0 Å². The molecule has 3 rings (SSSR count). The van der Waals surface area contributed by atoms with Crippen molar-refractivity contribution >= 4 is 45.7 Å². The van der Waals surface area contributed by atoms with E-state index in [1.54, 1.807) is 13.0 Å². The molecule has 146 valence electrons. The molecule has 0 atom stereocenters. The molecule has 0 aromatic heterocycles. The third-order valence-corrected chi connectivity index (χ3v) is 5.04. The molecule has 1 heterocycles. The van der Waals surface area contributed by atoms with Crippen LogP contribution in [-0.2, 0) is 14.3 Å². The molecule has 0 saturated carbocycles. The highest BCUT2D eigenvalue weighted by atomic mass is 32.2. The lowest BCUT2D eigenvalue weighted by atomic mass is 10.0. The zero-order chi connectivity index (χ0) is 20.1. The van der Waals surface area contributed by atoms with E-state index in [-0.39, 0.29) is 18.1 Å². The van der Waals surface area contributed by atoms with Crippen LogP contribution in [0.25, 0.3) is 16.8 Å². The zero-order valence-corrected chi connectivity index (χ0v) is 16.6. The number of nitrogens with zero attached hydrogens (tertiary/aromatic N) is 1. The van der Waals surface area contributed by atoms with Crippen molar-refractivity contribution in [2.24, 2.45) is 0 Å². The van der Waals surface area contributed by atoms with E-state index >= 15 is 0 Å². The van der Waals surface area contributed by atoms with Crippen LogP contribution in [0.4, 0.5) is 4.79 Å². The molecule has 2 aromatic carbocycles. The minimum absolute atomic E-state index is 0.193. The molecule has 28 heavy (non-hydrogen) atoms. The van der Waals surface area contributed by atoms with Crippen LogP contribution in [0.2, 0.25) is 0 Å². The molecule has 2 amide bonds. The van der Waals surface area contributed by atoms with E-state index in [4.69, 9.17) is 9.47 Å². The number of imide groups is 1. The highest BCUT2D eigenvalue weighted by Gasteiger charge is 2.36. The molecule has 0 radical (unpaired) electrons. The van der Waals surface area contributed by atoms with Gasteiger partial charge in [-0.1, -0.05) is 37.3 Å². The Morgan fingerprint density at radius 2 is 1.93 bits per heavy atom. The standard InChI is InChI=1S/C21H21NO5S/c1-3-11-27-17-10-9-14-7-5-6-8-15(14)16(17)12-18-20(24)22(21(25)28-18)13-19(23)26-4-2/h5-10,12H,3-4,11,13H2,1-2H3/b18-12-. The lowest BCUT2D eigenvalue weighted by molar-refractivity contribution is -0.145. The van der Waals surface area contributed by atoms with Crippen LogP contribution in [0.1, 0.15) is 25.8 Å². The van der Waals surface area contributed by atoms with Crippen molar-refractivity contribution in [2.45, 2.75) is 20.3 Å². The quantitative estimate of drug-likeness (QED) is 0.512. The molecule has 1 aliphatic heterocycles. The number of ether oxygens (including phenoxy) is 2. The molecular weight excluding hydrogens is 378 g/mol. The minimum atomic E-state index is -0.608.